The van der Waals surface area contributed by atoms with Crippen LogP contribution in [0, 0.1) is 18.6 Å². The van der Waals surface area contributed by atoms with Crippen molar-refractivity contribution in [3.8, 4) is 0 Å². The molecule has 0 aromatic heterocycles. The van der Waals surface area contributed by atoms with Crippen molar-refractivity contribution >= 4 is 12.4 Å². The number of hydrogen-bond acceptors (Lipinski definition) is 1. The van der Waals surface area contributed by atoms with Gasteiger partial charge in [0.1, 0.15) is 0 Å². The van der Waals surface area contributed by atoms with Crippen molar-refractivity contribution in [1.29, 1.82) is 0 Å². The van der Waals surface area contributed by atoms with E-state index in [4.69, 9.17) is 0 Å². The van der Waals surface area contributed by atoms with Gasteiger partial charge in [0.15, 0.2) is 11.6 Å². The molecule has 0 bridgehead atoms. The lowest BCUT2D eigenvalue weighted by atomic mass is 10.1. The average Bonchev–Trinajstić information content (AvgIpc) is 2.07. The lowest BCUT2D eigenvalue weighted by molar-refractivity contribution is 0.490. The van der Waals surface area contributed by atoms with Crippen molar-refractivity contribution in [2.75, 3.05) is 7.05 Å². The van der Waals surface area contributed by atoms with Crippen LogP contribution in [0.15, 0.2) is 12.1 Å². The summed E-state index contributed by atoms with van der Waals surface area (Å²) < 4.78 is 25.9. The van der Waals surface area contributed by atoms with Gasteiger partial charge in [-0.15, -0.1) is 12.4 Å². The van der Waals surface area contributed by atoms with E-state index >= 15 is 0 Å². The van der Waals surface area contributed by atoms with Crippen LogP contribution >= 0.6 is 12.4 Å². The fourth-order valence-electron chi connectivity index (χ4n) is 1.01. The second-order valence-electron chi connectivity index (χ2n) is 2.70. The molecule has 0 radical (unpaired) electrons. The third kappa shape index (κ3) is 2.64. The number of nitrogens with one attached hydrogen (secondary N) is 1. The van der Waals surface area contributed by atoms with Gasteiger partial charge in [0.2, 0.25) is 0 Å². The fourth-order valence-corrected chi connectivity index (χ4v) is 1.01. The van der Waals surface area contributed by atoms with Crippen LogP contribution in [0.4, 0.5) is 8.78 Å². The summed E-state index contributed by atoms with van der Waals surface area (Å²) in [5.74, 6) is -1.49. The van der Waals surface area contributed by atoms with Crippen LogP contribution in [-0.4, -0.2) is 7.05 Å². The Morgan fingerprint density at radius 3 is 2.38 bits per heavy atom. The molecule has 0 saturated heterocycles. The zero-order valence-corrected chi connectivity index (χ0v) is 8.34. The van der Waals surface area contributed by atoms with Crippen molar-refractivity contribution < 1.29 is 8.78 Å². The molecule has 1 rings (SSSR count). The quantitative estimate of drug-likeness (QED) is 0.786. The molecule has 1 aromatic rings. The van der Waals surface area contributed by atoms with E-state index in [1.54, 1.807) is 26.1 Å². The highest BCUT2D eigenvalue weighted by atomic mass is 35.5. The third-order valence-corrected chi connectivity index (χ3v) is 1.72. The summed E-state index contributed by atoms with van der Waals surface area (Å²) in [6, 6.07) is 3.16. The van der Waals surface area contributed by atoms with Gasteiger partial charge >= 0.3 is 0 Å². The zero-order chi connectivity index (χ0) is 9.14. The molecule has 0 fully saturated rings. The number of aryl methyl sites for hydroxylation is 1. The maximum absolute atomic E-state index is 13.0. The standard InChI is InChI=1S/C9H11F2N.ClH/c1-6-3-4-7(5-12-2)9(11)8(6)10;/h3-4,12H,5H2,1-2H3;1H. The number of halogens is 3. The van der Waals surface area contributed by atoms with E-state index in [9.17, 15) is 8.78 Å². The van der Waals surface area contributed by atoms with Gasteiger partial charge in [-0.1, -0.05) is 12.1 Å². The molecule has 13 heavy (non-hydrogen) atoms. The molecule has 1 N–H and O–H groups in total. The molecule has 0 heterocycles. The van der Waals surface area contributed by atoms with Crippen molar-refractivity contribution in [3.05, 3.63) is 34.9 Å². The highest BCUT2D eigenvalue weighted by Crippen LogP contribution is 2.14. The maximum atomic E-state index is 13.0. The van der Waals surface area contributed by atoms with Gasteiger partial charge in [-0.05, 0) is 19.5 Å². The zero-order valence-electron chi connectivity index (χ0n) is 7.53. The first-order chi connectivity index (χ1) is 5.66. The van der Waals surface area contributed by atoms with Gasteiger partial charge in [-0.25, -0.2) is 8.78 Å². The summed E-state index contributed by atoms with van der Waals surface area (Å²) in [6.07, 6.45) is 0. The van der Waals surface area contributed by atoms with Gasteiger partial charge in [-0.2, -0.15) is 0 Å². The van der Waals surface area contributed by atoms with Gasteiger partial charge < -0.3 is 5.32 Å². The molecular weight excluding hydrogens is 196 g/mol. The lowest BCUT2D eigenvalue weighted by Gasteiger charge is -2.04. The van der Waals surface area contributed by atoms with Crippen LogP contribution < -0.4 is 5.32 Å². The Labute approximate surface area is 82.6 Å². The summed E-state index contributed by atoms with van der Waals surface area (Å²) in [4.78, 5) is 0. The molecule has 0 unspecified atom stereocenters. The second-order valence-corrected chi connectivity index (χ2v) is 2.70. The average molecular weight is 208 g/mol. The van der Waals surface area contributed by atoms with Gasteiger partial charge in [-0.3, -0.25) is 0 Å². The number of rotatable bonds is 2. The summed E-state index contributed by atoms with van der Waals surface area (Å²) in [5.41, 5.74) is 0.702. The molecule has 1 aromatic carbocycles. The van der Waals surface area contributed by atoms with Gasteiger partial charge in [0, 0.05) is 12.1 Å². The molecule has 0 aliphatic carbocycles. The van der Waals surface area contributed by atoms with E-state index in [-0.39, 0.29) is 12.4 Å². The first kappa shape index (κ1) is 12.3. The Balaban J connectivity index is 0.00000144. The Morgan fingerprint density at radius 2 is 1.85 bits per heavy atom. The first-order valence-corrected chi connectivity index (χ1v) is 3.75. The summed E-state index contributed by atoms with van der Waals surface area (Å²) in [6.45, 7) is 1.89. The summed E-state index contributed by atoms with van der Waals surface area (Å²) in [5, 5.41) is 2.76. The Bertz CT molecular complexity index is 289. The first-order valence-electron chi connectivity index (χ1n) is 3.75. The second kappa shape index (κ2) is 5.14. The Hall–Kier alpha value is -0.670. The monoisotopic (exact) mass is 207 g/mol. The molecule has 0 aliphatic heterocycles. The minimum absolute atomic E-state index is 0. The fraction of sp³-hybridized carbons (Fsp3) is 0.333. The predicted octanol–water partition coefficient (Wildman–Crippen LogP) is 2.41. The molecule has 0 aliphatic rings. The van der Waals surface area contributed by atoms with E-state index in [1.807, 2.05) is 0 Å². The van der Waals surface area contributed by atoms with E-state index in [0.29, 0.717) is 17.7 Å². The molecular formula is C9H12ClF2N. The van der Waals surface area contributed by atoms with E-state index in [0.717, 1.165) is 0 Å². The molecule has 74 valence electrons. The summed E-state index contributed by atoms with van der Waals surface area (Å²) in [7, 11) is 1.69. The molecule has 0 atom stereocenters. The molecule has 0 saturated carbocycles. The third-order valence-electron chi connectivity index (χ3n) is 1.72. The van der Waals surface area contributed by atoms with Crippen LogP contribution in [0.1, 0.15) is 11.1 Å². The molecule has 4 heteroatoms. The Kier molecular flexibility index (Phi) is 4.88. The van der Waals surface area contributed by atoms with Crippen molar-refractivity contribution in [1.82, 2.24) is 5.32 Å². The maximum Gasteiger partial charge on any atom is 0.163 e. The van der Waals surface area contributed by atoms with Crippen LogP contribution in [-0.2, 0) is 6.54 Å². The predicted molar refractivity (Wildman–Crippen MR) is 51.1 cm³/mol. The molecule has 0 amide bonds. The summed E-state index contributed by atoms with van der Waals surface area (Å²) >= 11 is 0. The topological polar surface area (TPSA) is 12.0 Å². The van der Waals surface area contributed by atoms with Crippen LogP contribution in [0.2, 0.25) is 0 Å². The van der Waals surface area contributed by atoms with Gasteiger partial charge in [0.25, 0.3) is 0 Å². The van der Waals surface area contributed by atoms with Crippen LogP contribution in [0.25, 0.3) is 0 Å². The SMILES string of the molecule is CNCc1ccc(C)c(F)c1F.Cl. The van der Waals surface area contributed by atoms with Crippen molar-refractivity contribution in [3.63, 3.8) is 0 Å². The minimum atomic E-state index is -0.747. The molecule has 1 nitrogen and oxygen atoms in total. The number of benzene rings is 1. The smallest absolute Gasteiger partial charge is 0.163 e. The van der Waals surface area contributed by atoms with Crippen LogP contribution in [0.5, 0.6) is 0 Å². The van der Waals surface area contributed by atoms with E-state index in [2.05, 4.69) is 5.32 Å². The minimum Gasteiger partial charge on any atom is -0.316 e. The largest absolute Gasteiger partial charge is 0.316 e. The lowest BCUT2D eigenvalue weighted by Crippen LogP contribution is -2.08. The highest BCUT2D eigenvalue weighted by Gasteiger charge is 2.09. The highest BCUT2D eigenvalue weighted by molar-refractivity contribution is 5.85. The molecule has 0 spiro atoms. The van der Waals surface area contributed by atoms with Crippen LogP contribution in [0.3, 0.4) is 0 Å². The van der Waals surface area contributed by atoms with Crippen molar-refractivity contribution in [2.45, 2.75) is 13.5 Å². The Morgan fingerprint density at radius 1 is 1.23 bits per heavy atom. The number of hydrogen-bond donors (Lipinski definition) is 1. The van der Waals surface area contributed by atoms with E-state index < -0.39 is 11.6 Å². The van der Waals surface area contributed by atoms with E-state index in [1.165, 1.54) is 0 Å². The normalized spacial score (nSPS) is 9.54. The van der Waals surface area contributed by atoms with Gasteiger partial charge in [0.05, 0.1) is 0 Å². The van der Waals surface area contributed by atoms with Crippen molar-refractivity contribution in [2.24, 2.45) is 0 Å².